The maximum atomic E-state index is 14.3. The molecule has 3 aliphatic rings. The van der Waals surface area contributed by atoms with Crippen molar-refractivity contribution >= 4 is 81.1 Å². The van der Waals surface area contributed by atoms with Crippen LogP contribution in [0.5, 0.6) is 0 Å². The zero-order chi connectivity index (χ0) is 57.9. The van der Waals surface area contributed by atoms with Gasteiger partial charge in [0.05, 0.1) is 26.2 Å². The molecule has 0 unspecified atom stereocenters. The molecule has 3 fully saturated rings. The second kappa shape index (κ2) is 30.2. The number of benzene rings is 3. The predicted octanol–water partition coefficient (Wildman–Crippen LogP) is 1.02. The number of carboxylic acid groups (broad SMARTS) is 6. The topological polar surface area (TPSA) is 365 Å². The van der Waals surface area contributed by atoms with Crippen molar-refractivity contribution in [3.05, 3.63) is 60.2 Å². The second-order valence-corrected chi connectivity index (χ2v) is 21.2. The number of rotatable bonds is 27. The minimum Gasteiger partial charge on any atom is -0.481 e. The van der Waals surface area contributed by atoms with E-state index >= 15 is 0 Å². The van der Waals surface area contributed by atoms with E-state index in [2.05, 4.69) is 32.7 Å². The van der Waals surface area contributed by atoms with Gasteiger partial charge in [0.1, 0.15) is 18.1 Å². The Balaban J connectivity index is 1.05. The van der Waals surface area contributed by atoms with Crippen molar-refractivity contribution in [2.45, 2.75) is 82.3 Å². The molecule has 25 nitrogen and oxygen atoms in total. The fourth-order valence-electron chi connectivity index (χ4n) is 10.9. The third-order valence-corrected chi connectivity index (χ3v) is 15.4. The smallest absolute Gasteiger partial charge is 0.326 e. The molecule has 25 heteroatoms. The van der Waals surface area contributed by atoms with Crippen molar-refractivity contribution in [1.29, 1.82) is 0 Å². The molecule has 2 saturated carbocycles. The molecule has 436 valence electrons. The van der Waals surface area contributed by atoms with E-state index in [0.29, 0.717) is 58.2 Å². The van der Waals surface area contributed by atoms with Gasteiger partial charge in [0, 0.05) is 84.2 Å². The monoisotopic (exact) mass is 1120 g/mol. The number of urea groups is 1. The number of carbonyl (C=O) groups excluding carboxylic acids is 4. The third-order valence-electron chi connectivity index (χ3n) is 15.4. The molecule has 0 bridgehead atoms. The molecule has 0 radical (unpaired) electrons. The lowest BCUT2D eigenvalue weighted by atomic mass is 9.81. The lowest BCUT2D eigenvalue weighted by Gasteiger charge is -2.33. The Morgan fingerprint density at radius 3 is 1.56 bits per heavy atom. The molecule has 5 atom stereocenters. The summed E-state index contributed by atoms with van der Waals surface area (Å²) < 4.78 is 0. The normalized spacial score (nSPS) is 20.9. The lowest BCUT2D eigenvalue weighted by molar-refractivity contribution is -0.141. The maximum absolute atomic E-state index is 14.3. The van der Waals surface area contributed by atoms with Gasteiger partial charge in [-0.1, -0.05) is 48.5 Å². The van der Waals surface area contributed by atoms with Crippen LogP contribution in [0.4, 0.5) is 4.79 Å². The average Bonchev–Trinajstić information content (AvgIpc) is 4.24. The SMILES string of the molecule is O=C(O)CCC[C@H](NC(=O)N[C@H](C(=O)O)[C@@H]1C[C@H]1CCNC(=O)[C@H](Cc1c2ccccc2cc2ccccc12)NC(=O)C1CCC(CNC(=O)CN2CCN(CC(=O)O)CCN(CC(=O)O)CCN(CC(=O)O)CC2)CC1)C(=O)O. The molecule has 5 amide bonds. The van der Waals surface area contributed by atoms with Crippen LogP contribution in [0.1, 0.15) is 63.4 Å². The first-order chi connectivity index (χ1) is 38.2. The van der Waals surface area contributed by atoms with Gasteiger partial charge in [-0.15, -0.1) is 0 Å². The van der Waals surface area contributed by atoms with E-state index < -0.39 is 77.7 Å². The summed E-state index contributed by atoms with van der Waals surface area (Å²) in [4.78, 5) is 131. The standard InChI is InChI=1S/C55H75N9O16/c65-45(30-61-18-20-62(31-47(68)69)22-24-64(33-49(72)73)25-23-63(21-19-61)32-48(70)71)57-29-34-12-14-35(15-13-34)51(74)58-44(28-42-39-8-3-1-6-36(39)26-37-7-2-4-9-40(37)42)52(75)56-17-16-38-27-41(38)50(54(78)79)60-55(80)59-43(53(76)77)10-5-11-46(66)67/h1-4,6-9,26,34-35,38,41,43-44,50H,5,10-25,27-33H2,(H,56,75)(H,57,65)(H,58,74)(H,66,67)(H,68,69)(H,70,71)(H,72,73)(H,76,77)(H,78,79)(H2,59,60,80)/t34?,35?,38-,41-,43+,44+,50+/m1/s1. The molecule has 3 aromatic rings. The molecule has 1 aliphatic heterocycles. The van der Waals surface area contributed by atoms with Gasteiger partial charge in [-0.25, -0.2) is 14.4 Å². The molecule has 80 heavy (non-hydrogen) atoms. The van der Waals surface area contributed by atoms with Crippen molar-refractivity contribution in [3.8, 4) is 0 Å². The minimum atomic E-state index is -1.43. The zero-order valence-electron chi connectivity index (χ0n) is 44.8. The van der Waals surface area contributed by atoms with Crippen molar-refractivity contribution in [3.63, 3.8) is 0 Å². The summed E-state index contributed by atoms with van der Waals surface area (Å²) in [6.07, 6.45) is 2.62. The lowest BCUT2D eigenvalue weighted by Crippen LogP contribution is -2.52. The van der Waals surface area contributed by atoms with E-state index in [1.54, 1.807) is 14.7 Å². The zero-order valence-corrected chi connectivity index (χ0v) is 44.8. The molecule has 0 aromatic heterocycles. The van der Waals surface area contributed by atoms with Crippen LogP contribution >= 0.6 is 0 Å². The Morgan fingerprint density at radius 2 is 1.07 bits per heavy atom. The molecule has 11 N–H and O–H groups in total. The third kappa shape index (κ3) is 19.7. The highest BCUT2D eigenvalue weighted by atomic mass is 16.4. The number of aliphatic carboxylic acids is 6. The molecule has 3 aromatic carbocycles. The first-order valence-corrected chi connectivity index (χ1v) is 27.3. The molecule has 0 spiro atoms. The summed E-state index contributed by atoms with van der Waals surface area (Å²) >= 11 is 0. The Labute approximate surface area is 462 Å². The average molecular weight is 1120 g/mol. The van der Waals surface area contributed by atoms with E-state index in [0.717, 1.165) is 27.1 Å². The van der Waals surface area contributed by atoms with Crippen LogP contribution in [0.25, 0.3) is 21.5 Å². The van der Waals surface area contributed by atoms with Gasteiger partial charge in [-0.2, -0.15) is 0 Å². The number of carbonyl (C=O) groups is 10. The number of amides is 5. The van der Waals surface area contributed by atoms with Gasteiger partial charge in [-0.3, -0.25) is 53.2 Å². The summed E-state index contributed by atoms with van der Waals surface area (Å²) in [5.41, 5.74) is 0.869. The van der Waals surface area contributed by atoms with Crippen molar-refractivity contribution < 1.29 is 78.6 Å². The Kier molecular flexibility index (Phi) is 23.3. The van der Waals surface area contributed by atoms with Crippen LogP contribution in [0, 0.1) is 23.7 Å². The first-order valence-electron chi connectivity index (χ1n) is 27.3. The summed E-state index contributed by atoms with van der Waals surface area (Å²) in [7, 11) is 0. The molecule has 1 saturated heterocycles. The van der Waals surface area contributed by atoms with Crippen LogP contribution in [0.2, 0.25) is 0 Å². The molecule has 2 aliphatic carbocycles. The number of fused-ring (bicyclic) bond motifs is 2. The summed E-state index contributed by atoms with van der Waals surface area (Å²) in [5, 5.41) is 74.4. The second-order valence-electron chi connectivity index (χ2n) is 21.2. The van der Waals surface area contributed by atoms with Gasteiger partial charge < -0.3 is 57.2 Å². The first kappa shape index (κ1) is 61.7. The van der Waals surface area contributed by atoms with Gasteiger partial charge in [0.2, 0.25) is 17.7 Å². The molecular weight excluding hydrogens is 1040 g/mol. The fourth-order valence-corrected chi connectivity index (χ4v) is 10.9. The number of nitrogens with one attached hydrogen (secondary N) is 5. The fraction of sp³-hybridized carbons (Fsp3) is 0.564. The Bertz CT molecular complexity index is 2620. The van der Waals surface area contributed by atoms with Crippen LogP contribution in [-0.2, 0) is 49.6 Å². The molecule has 1 heterocycles. The highest BCUT2D eigenvalue weighted by Crippen LogP contribution is 2.43. The van der Waals surface area contributed by atoms with Gasteiger partial charge >= 0.3 is 41.8 Å². The number of hydrogen-bond donors (Lipinski definition) is 11. The van der Waals surface area contributed by atoms with E-state index in [-0.39, 0.29) is 121 Å². The van der Waals surface area contributed by atoms with Crippen LogP contribution in [-0.4, -0.2) is 220 Å². The van der Waals surface area contributed by atoms with Crippen LogP contribution < -0.4 is 26.6 Å². The van der Waals surface area contributed by atoms with E-state index in [9.17, 15) is 73.5 Å². The van der Waals surface area contributed by atoms with Crippen LogP contribution in [0.3, 0.4) is 0 Å². The highest BCUT2D eigenvalue weighted by Gasteiger charge is 2.47. The van der Waals surface area contributed by atoms with Crippen LogP contribution in [0.15, 0.2) is 54.6 Å². The number of carboxylic acids is 6. The van der Waals surface area contributed by atoms with E-state index in [1.165, 1.54) is 0 Å². The quantitative estimate of drug-likeness (QED) is 0.0475. The van der Waals surface area contributed by atoms with Gasteiger partial charge in [0.15, 0.2) is 0 Å². The van der Waals surface area contributed by atoms with Crippen molar-refractivity contribution in [2.24, 2.45) is 23.7 Å². The predicted molar refractivity (Wildman–Crippen MR) is 289 cm³/mol. The Hall–Kier alpha value is -7.48. The van der Waals surface area contributed by atoms with E-state index in [4.69, 9.17) is 5.11 Å². The number of nitrogens with zero attached hydrogens (tertiary/aromatic N) is 4. The van der Waals surface area contributed by atoms with Crippen molar-refractivity contribution in [2.75, 3.05) is 91.6 Å². The van der Waals surface area contributed by atoms with Gasteiger partial charge in [0.25, 0.3) is 0 Å². The summed E-state index contributed by atoms with van der Waals surface area (Å²) in [6.45, 7) is 1.72. The number of hydrogen-bond acceptors (Lipinski definition) is 14. The largest absolute Gasteiger partial charge is 0.481 e. The molecular formula is C55H75N9O16. The summed E-state index contributed by atoms with van der Waals surface area (Å²) in [5.74, 6) is -9.12. The maximum Gasteiger partial charge on any atom is 0.326 e. The highest BCUT2D eigenvalue weighted by molar-refractivity contribution is 6.03. The minimum absolute atomic E-state index is 0.0213. The summed E-state index contributed by atoms with van der Waals surface area (Å²) in [6, 6.07) is 12.8. The molecule has 6 rings (SSSR count). The van der Waals surface area contributed by atoms with E-state index in [1.807, 2.05) is 53.4 Å². The van der Waals surface area contributed by atoms with Crippen molar-refractivity contribution in [1.82, 2.24) is 46.2 Å². The Morgan fingerprint density at radius 1 is 0.562 bits per heavy atom. The van der Waals surface area contributed by atoms with Gasteiger partial charge in [-0.05, 0) is 102 Å².